The highest BCUT2D eigenvalue weighted by atomic mass is 16.2. The largest absolute Gasteiger partial charge is 0.349 e. The van der Waals surface area contributed by atoms with Crippen LogP contribution in [-0.2, 0) is 11.8 Å². The molecule has 1 aromatic rings. The molecule has 106 valence electrons. The Morgan fingerprint density at radius 3 is 2.95 bits per heavy atom. The number of carbonyl (C=O) groups excluding carboxylic acids is 1. The molecule has 3 unspecified atom stereocenters. The molecule has 1 heterocycles. The van der Waals surface area contributed by atoms with Crippen molar-refractivity contribution in [1.29, 1.82) is 0 Å². The first-order valence-corrected chi connectivity index (χ1v) is 6.98. The third-order valence-corrected chi connectivity index (χ3v) is 4.15. The molecule has 5 nitrogen and oxygen atoms in total. The molecule has 1 amide bonds. The van der Waals surface area contributed by atoms with Crippen LogP contribution in [0.3, 0.4) is 0 Å². The van der Waals surface area contributed by atoms with E-state index >= 15 is 0 Å². The molecule has 3 atom stereocenters. The second-order valence-corrected chi connectivity index (χ2v) is 5.98. The molecular weight excluding hydrogens is 240 g/mol. The maximum Gasteiger partial charge on any atom is 0.225 e. The van der Waals surface area contributed by atoms with E-state index in [9.17, 15) is 4.79 Å². The van der Waals surface area contributed by atoms with E-state index in [4.69, 9.17) is 5.73 Å². The van der Waals surface area contributed by atoms with Crippen molar-refractivity contribution in [2.45, 2.75) is 51.1 Å². The summed E-state index contributed by atoms with van der Waals surface area (Å²) in [4.78, 5) is 12.4. The average molecular weight is 264 g/mol. The minimum Gasteiger partial charge on any atom is -0.349 e. The first-order chi connectivity index (χ1) is 8.90. The van der Waals surface area contributed by atoms with Gasteiger partial charge in [-0.3, -0.25) is 9.48 Å². The van der Waals surface area contributed by atoms with Gasteiger partial charge in [0.1, 0.15) is 0 Å². The lowest BCUT2D eigenvalue weighted by molar-refractivity contribution is -0.128. The molecule has 19 heavy (non-hydrogen) atoms. The highest BCUT2D eigenvalue weighted by molar-refractivity contribution is 5.80. The number of hydrogen-bond donors (Lipinski definition) is 2. The number of nitrogens with zero attached hydrogens (tertiary/aromatic N) is 2. The summed E-state index contributed by atoms with van der Waals surface area (Å²) >= 11 is 0. The lowest BCUT2D eigenvalue weighted by Crippen LogP contribution is -2.53. The maximum atomic E-state index is 12.4. The van der Waals surface area contributed by atoms with Gasteiger partial charge in [-0.05, 0) is 26.7 Å². The number of aromatic nitrogens is 2. The van der Waals surface area contributed by atoms with E-state index in [0.717, 1.165) is 31.2 Å². The molecule has 1 saturated carbocycles. The lowest BCUT2D eigenvalue weighted by Gasteiger charge is -2.37. The van der Waals surface area contributed by atoms with Crippen molar-refractivity contribution in [1.82, 2.24) is 15.1 Å². The fourth-order valence-electron chi connectivity index (χ4n) is 2.85. The predicted molar refractivity (Wildman–Crippen MR) is 74.3 cm³/mol. The van der Waals surface area contributed by atoms with Crippen LogP contribution in [-0.4, -0.2) is 21.2 Å². The Balaban J connectivity index is 2.00. The average Bonchev–Trinajstić information content (AvgIpc) is 2.75. The van der Waals surface area contributed by atoms with Crippen molar-refractivity contribution in [2.24, 2.45) is 18.7 Å². The Bertz CT molecular complexity index is 452. The number of carbonyl (C=O) groups is 1. The van der Waals surface area contributed by atoms with Crippen LogP contribution in [0.5, 0.6) is 0 Å². The van der Waals surface area contributed by atoms with Crippen LogP contribution in [0, 0.1) is 5.92 Å². The highest BCUT2D eigenvalue weighted by Gasteiger charge is 2.38. The minimum absolute atomic E-state index is 0.0288. The number of aryl methyl sites for hydroxylation is 1. The molecule has 1 aliphatic carbocycles. The van der Waals surface area contributed by atoms with Gasteiger partial charge in [-0.25, -0.2) is 0 Å². The third-order valence-electron chi connectivity index (χ3n) is 4.15. The first kappa shape index (κ1) is 14.1. The molecular formula is C14H24N4O. The smallest absolute Gasteiger partial charge is 0.225 e. The van der Waals surface area contributed by atoms with Gasteiger partial charge in [0, 0.05) is 24.3 Å². The monoisotopic (exact) mass is 264 g/mol. The Kier molecular flexibility index (Phi) is 3.94. The van der Waals surface area contributed by atoms with Gasteiger partial charge in [-0.15, -0.1) is 0 Å². The molecule has 0 saturated heterocycles. The van der Waals surface area contributed by atoms with E-state index in [2.05, 4.69) is 10.4 Å². The number of rotatable bonds is 3. The fourth-order valence-corrected chi connectivity index (χ4v) is 2.85. The van der Waals surface area contributed by atoms with E-state index in [1.165, 1.54) is 0 Å². The van der Waals surface area contributed by atoms with Crippen LogP contribution in [0.25, 0.3) is 0 Å². The Hall–Kier alpha value is -1.36. The van der Waals surface area contributed by atoms with Gasteiger partial charge in [-0.2, -0.15) is 5.10 Å². The number of amides is 1. The summed E-state index contributed by atoms with van der Waals surface area (Å²) in [6, 6.07) is -0.0288. The van der Waals surface area contributed by atoms with Gasteiger partial charge in [0.15, 0.2) is 0 Å². The van der Waals surface area contributed by atoms with Crippen LogP contribution in [0.2, 0.25) is 0 Å². The van der Waals surface area contributed by atoms with Crippen molar-refractivity contribution in [2.75, 3.05) is 0 Å². The summed E-state index contributed by atoms with van der Waals surface area (Å²) in [6.45, 7) is 3.97. The van der Waals surface area contributed by atoms with E-state index in [-0.39, 0.29) is 23.4 Å². The van der Waals surface area contributed by atoms with Crippen LogP contribution in [0.15, 0.2) is 12.4 Å². The molecule has 1 aromatic heterocycles. The summed E-state index contributed by atoms with van der Waals surface area (Å²) in [6.07, 6.45) is 7.73. The molecule has 0 radical (unpaired) electrons. The number of nitrogens with two attached hydrogens (primary N) is 1. The van der Waals surface area contributed by atoms with Crippen molar-refractivity contribution in [3.05, 3.63) is 18.0 Å². The lowest BCUT2D eigenvalue weighted by atomic mass is 9.74. The zero-order valence-electron chi connectivity index (χ0n) is 12.0. The van der Waals surface area contributed by atoms with Crippen molar-refractivity contribution < 1.29 is 4.79 Å². The molecule has 0 bridgehead atoms. The van der Waals surface area contributed by atoms with E-state index in [0.29, 0.717) is 0 Å². The number of nitrogens with one attached hydrogen (secondary N) is 1. The Morgan fingerprint density at radius 2 is 2.37 bits per heavy atom. The summed E-state index contributed by atoms with van der Waals surface area (Å²) < 4.78 is 1.74. The summed E-state index contributed by atoms with van der Waals surface area (Å²) in [5, 5.41) is 7.19. The van der Waals surface area contributed by atoms with Gasteiger partial charge >= 0.3 is 0 Å². The molecule has 1 aliphatic rings. The van der Waals surface area contributed by atoms with Gasteiger partial charge in [0.05, 0.1) is 18.2 Å². The maximum absolute atomic E-state index is 12.4. The molecule has 1 fully saturated rings. The zero-order chi connectivity index (χ0) is 14.0. The van der Waals surface area contributed by atoms with E-state index in [1.54, 1.807) is 10.9 Å². The molecule has 0 spiro atoms. The zero-order valence-corrected chi connectivity index (χ0v) is 12.0. The SMILES string of the molecule is CC(NC(=O)C1CCCCC1(C)N)c1cnn(C)c1. The second-order valence-electron chi connectivity index (χ2n) is 5.98. The summed E-state index contributed by atoms with van der Waals surface area (Å²) in [5.41, 5.74) is 6.91. The topological polar surface area (TPSA) is 72.9 Å². The molecule has 5 heteroatoms. The Labute approximate surface area is 114 Å². The van der Waals surface area contributed by atoms with Gasteiger partial charge in [0.2, 0.25) is 5.91 Å². The van der Waals surface area contributed by atoms with Crippen molar-refractivity contribution >= 4 is 5.91 Å². The van der Waals surface area contributed by atoms with E-state index < -0.39 is 0 Å². The predicted octanol–water partition coefficient (Wildman–Crippen LogP) is 1.50. The van der Waals surface area contributed by atoms with Crippen LogP contribution in [0.4, 0.5) is 0 Å². The number of hydrogen-bond acceptors (Lipinski definition) is 3. The fraction of sp³-hybridized carbons (Fsp3) is 0.714. The van der Waals surface area contributed by atoms with Crippen molar-refractivity contribution in [3.8, 4) is 0 Å². The summed E-state index contributed by atoms with van der Waals surface area (Å²) in [7, 11) is 1.87. The normalized spacial score (nSPS) is 28.9. The second kappa shape index (κ2) is 5.33. The van der Waals surface area contributed by atoms with Gasteiger partial charge < -0.3 is 11.1 Å². The van der Waals surface area contributed by atoms with Gasteiger partial charge in [-0.1, -0.05) is 12.8 Å². The summed E-state index contributed by atoms with van der Waals surface area (Å²) in [5.74, 6) is -0.0126. The molecule has 0 aromatic carbocycles. The first-order valence-electron chi connectivity index (χ1n) is 6.98. The molecule has 3 N–H and O–H groups in total. The van der Waals surface area contributed by atoms with Gasteiger partial charge in [0.25, 0.3) is 0 Å². The van der Waals surface area contributed by atoms with E-state index in [1.807, 2.05) is 27.1 Å². The highest BCUT2D eigenvalue weighted by Crippen LogP contribution is 2.32. The Morgan fingerprint density at radius 1 is 1.63 bits per heavy atom. The van der Waals surface area contributed by atoms with Crippen molar-refractivity contribution in [3.63, 3.8) is 0 Å². The van der Waals surface area contributed by atoms with Crippen LogP contribution >= 0.6 is 0 Å². The quantitative estimate of drug-likeness (QED) is 0.869. The minimum atomic E-state index is -0.378. The van der Waals surface area contributed by atoms with Crippen LogP contribution in [0.1, 0.15) is 51.1 Å². The van der Waals surface area contributed by atoms with Crippen LogP contribution < -0.4 is 11.1 Å². The standard InChI is InChI=1S/C14H24N4O/c1-10(11-8-16-18(3)9-11)17-13(19)12-6-4-5-7-14(12,2)15/h8-10,12H,4-7,15H2,1-3H3,(H,17,19). The molecule has 0 aliphatic heterocycles. The third kappa shape index (κ3) is 3.15. The molecule has 2 rings (SSSR count).